The fourth-order valence-electron chi connectivity index (χ4n) is 2.86. The fraction of sp³-hybridized carbons (Fsp3) is 0.476. The molecule has 29 heavy (non-hydrogen) atoms. The number of likely N-dealkylation sites (N-methyl/N-ethyl adjacent to an activating group) is 1. The van der Waals surface area contributed by atoms with E-state index in [-0.39, 0.29) is 16.7 Å². The molecule has 158 valence electrons. The van der Waals surface area contributed by atoms with Crippen LogP contribution < -0.4 is 15.0 Å². The molecule has 2 rings (SSSR count). The monoisotopic (exact) mass is 419 g/mol. The highest BCUT2D eigenvalue weighted by molar-refractivity contribution is 8.00. The SMILES string of the molecule is CCC(Sc1nc(C)cc(=O)n1C)C(=O)N(C)CCc1ccc(OC)c(OC)c1. The Morgan fingerprint density at radius 1 is 1.24 bits per heavy atom. The largest absolute Gasteiger partial charge is 0.493 e. The zero-order valence-corrected chi connectivity index (χ0v) is 18.7. The minimum atomic E-state index is -0.301. The number of benzene rings is 1. The average molecular weight is 420 g/mol. The van der Waals surface area contributed by atoms with Crippen molar-refractivity contribution in [2.24, 2.45) is 7.05 Å². The van der Waals surface area contributed by atoms with Gasteiger partial charge in [0.05, 0.1) is 19.5 Å². The molecule has 0 bridgehead atoms. The third-order valence-corrected chi connectivity index (χ3v) is 6.07. The van der Waals surface area contributed by atoms with Crippen molar-refractivity contribution in [3.05, 3.63) is 45.9 Å². The van der Waals surface area contributed by atoms with Gasteiger partial charge in [0, 0.05) is 32.4 Å². The Kier molecular flexibility index (Phi) is 8.13. The molecule has 0 saturated heterocycles. The van der Waals surface area contributed by atoms with Crippen LogP contribution in [-0.4, -0.2) is 53.4 Å². The summed E-state index contributed by atoms with van der Waals surface area (Å²) in [6, 6.07) is 7.25. The highest BCUT2D eigenvalue weighted by Gasteiger charge is 2.23. The number of aryl methyl sites for hydroxylation is 1. The lowest BCUT2D eigenvalue weighted by Gasteiger charge is -2.23. The quantitative estimate of drug-likeness (QED) is 0.460. The summed E-state index contributed by atoms with van der Waals surface area (Å²) < 4.78 is 12.1. The maximum absolute atomic E-state index is 12.9. The lowest BCUT2D eigenvalue weighted by atomic mass is 10.1. The van der Waals surface area contributed by atoms with Crippen molar-refractivity contribution >= 4 is 17.7 Å². The average Bonchev–Trinajstić information content (AvgIpc) is 2.72. The van der Waals surface area contributed by atoms with Gasteiger partial charge in [-0.05, 0) is 37.5 Å². The molecule has 0 saturated carbocycles. The van der Waals surface area contributed by atoms with Crippen molar-refractivity contribution in [3.8, 4) is 11.5 Å². The van der Waals surface area contributed by atoms with E-state index in [4.69, 9.17) is 9.47 Å². The normalized spacial score (nSPS) is 11.8. The molecule has 0 aliphatic rings. The number of methoxy groups -OCH3 is 2. The smallest absolute Gasteiger partial charge is 0.254 e. The minimum Gasteiger partial charge on any atom is -0.493 e. The molecule has 1 heterocycles. The van der Waals surface area contributed by atoms with Gasteiger partial charge in [-0.2, -0.15) is 0 Å². The summed E-state index contributed by atoms with van der Waals surface area (Å²) in [6.45, 7) is 4.32. The van der Waals surface area contributed by atoms with E-state index in [0.29, 0.717) is 41.7 Å². The van der Waals surface area contributed by atoms with Gasteiger partial charge in [0.15, 0.2) is 16.7 Å². The van der Waals surface area contributed by atoms with Crippen molar-refractivity contribution in [2.45, 2.75) is 37.1 Å². The summed E-state index contributed by atoms with van der Waals surface area (Å²) in [5, 5.41) is 0.258. The van der Waals surface area contributed by atoms with Crippen LogP contribution in [0.2, 0.25) is 0 Å². The van der Waals surface area contributed by atoms with E-state index in [2.05, 4.69) is 4.98 Å². The van der Waals surface area contributed by atoms with Gasteiger partial charge in [0.2, 0.25) is 5.91 Å². The first kappa shape index (κ1) is 22.8. The minimum absolute atomic E-state index is 0.0220. The Morgan fingerprint density at radius 2 is 1.93 bits per heavy atom. The molecule has 0 radical (unpaired) electrons. The van der Waals surface area contributed by atoms with Crippen LogP contribution in [0, 0.1) is 6.92 Å². The molecule has 1 atom stereocenters. The molecule has 0 N–H and O–H groups in total. The van der Waals surface area contributed by atoms with Crippen LogP contribution in [0.1, 0.15) is 24.6 Å². The molecule has 2 aromatic rings. The Hall–Kier alpha value is -2.48. The molecule has 0 spiro atoms. The van der Waals surface area contributed by atoms with E-state index in [9.17, 15) is 9.59 Å². The lowest BCUT2D eigenvalue weighted by molar-refractivity contribution is -0.129. The molecule has 8 heteroatoms. The molecule has 0 aliphatic carbocycles. The highest BCUT2D eigenvalue weighted by atomic mass is 32.2. The second kappa shape index (κ2) is 10.3. The van der Waals surface area contributed by atoms with Gasteiger partial charge in [0.25, 0.3) is 5.56 Å². The molecule has 0 fully saturated rings. The molecule has 1 amide bonds. The van der Waals surface area contributed by atoms with Gasteiger partial charge >= 0.3 is 0 Å². The van der Waals surface area contributed by atoms with Crippen LogP contribution in [0.3, 0.4) is 0 Å². The van der Waals surface area contributed by atoms with Gasteiger partial charge in [-0.1, -0.05) is 24.8 Å². The van der Waals surface area contributed by atoms with Crippen LogP contribution in [0.25, 0.3) is 0 Å². The fourth-order valence-corrected chi connectivity index (χ4v) is 4.00. The van der Waals surface area contributed by atoms with Gasteiger partial charge in [0.1, 0.15) is 0 Å². The lowest BCUT2D eigenvalue weighted by Crippen LogP contribution is -2.36. The van der Waals surface area contributed by atoms with Crippen LogP contribution in [0.15, 0.2) is 34.2 Å². The molecule has 1 aromatic heterocycles. The summed E-state index contributed by atoms with van der Waals surface area (Å²) in [5.41, 5.74) is 1.59. The van der Waals surface area contributed by atoms with Crippen molar-refractivity contribution in [1.82, 2.24) is 14.5 Å². The Morgan fingerprint density at radius 3 is 2.55 bits per heavy atom. The first-order valence-corrected chi connectivity index (χ1v) is 10.4. The van der Waals surface area contributed by atoms with E-state index in [1.165, 1.54) is 22.4 Å². The first-order chi connectivity index (χ1) is 13.8. The van der Waals surface area contributed by atoms with Crippen molar-refractivity contribution in [3.63, 3.8) is 0 Å². The number of rotatable bonds is 9. The standard InChI is InChI=1S/C21H29N3O4S/c1-7-18(29-21-22-14(2)12-19(25)24(21)4)20(26)23(3)11-10-15-8-9-16(27-5)17(13-15)28-6/h8-9,12-13,18H,7,10-11H2,1-6H3. The maximum Gasteiger partial charge on any atom is 0.254 e. The number of ether oxygens (including phenoxy) is 2. The van der Waals surface area contributed by atoms with Crippen LogP contribution >= 0.6 is 11.8 Å². The van der Waals surface area contributed by atoms with E-state index >= 15 is 0 Å². The van der Waals surface area contributed by atoms with E-state index in [0.717, 1.165) is 5.56 Å². The Labute approximate surface area is 176 Å². The van der Waals surface area contributed by atoms with Gasteiger partial charge in [-0.3, -0.25) is 14.2 Å². The second-order valence-electron chi connectivity index (χ2n) is 6.79. The van der Waals surface area contributed by atoms with Crippen molar-refractivity contribution < 1.29 is 14.3 Å². The Bertz CT molecular complexity index is 913. The molecular weight excluding hydrogens is 390 g/mol. The van der Waals surface area contributed by atoms with Gasteiger partial charge < -0.3 is 14.4 Å². The molecule has 7 nitrogen and oxygen atoms in total. The Balaban J connectivity index is 2.05. The third-order valence-electron chi connectivity index (χ3n) is 4.68. The van der Waals surface area contributed by atoms with Gasteiger partial charge in [-0.25, -0.2) is 4.98 Å². The van der Waals surface area contributed by atoms with E-state index in [1.54, 1.807) is 40.1 Å². The van der Waals surface area contributed by atoms with E-state index in [1.807, 2.05) is 25.1 Å². The number of nitrogens with zero attached hydrogens (tertiary/aromatic N) is 3. The first-order valence-electron chi connectivity index (χ1n) is 9.47. The number of amides is 1. The highest BCUT2D eigenvalue weighted by Crippen LogP contribution is 2.28. The predicted molar refractivity (Wildman–Crippen MR) is 115 cm³/mol. The summed E-state index contributed by atoms with van der Waals surface area (Å²) in [7, 11) is 6.68. The number of hydrogen-bond donors (Lipinski definition) is 0. The van der Waals surface area contributed by atoms with E-state index < -0.39 is 0 Å². The number of carbonyl (C=O) groups excluding carboxylic acids is 1. The summed E-state index contributed by atoms with van der Waals surface area (Å²) in [6.07, 6.45) is 1.35. The molecule has 1 aromatic carbocycles. The molecule has 1 unspecified atom stereocenters. The van der Waals surface area contributed by atoms with Crippen LogP contribution in [0.4, 0.5) is 0 Å². The summed E-state index contributed by atoms with van der Waals surface area (Å²) in [4.78, 5) is 31.1. The van der Waals surface area contributed by atoms with Crippen LogP contribution in [-0.2, 0) is 18.3 Å². The number of hydrogen-bond acceptors (Lipinski definition) is 6. The maximum atomic E-state index is 12.9. The molecular formula is C21H29N3O4S. The topological polar surface area (TPSA) is 73.7 Å². The summed E-state index contributed by atoms with van der Waals surface area (Å²) in [5.74, 6) is 1.38. The predicted octanol–water partition coefficient (Wildman–Crippen LogP) is 2.68. The number of thioether (sulfide) groups is 1. The zero-order chi connectivity index (χ0) is 21.6. The van der Waals surface area contributed by atoms with Crippen molar-refractivity contribution in [1.29, 1.82) is 0 Å². The van der Waals surface area contributed by atoms with Crippen LogP contribution in [0.5, 0.6) is 11.5 Å². The molecule has 0 aliphatic heterocycles. The third kappa shape index (κ3) is 5.76. The second-order valence-corrected chi connectivity index (χ2v) is 7.96. The summed E-state index contributed by atoms with van der Waals surface area (Å²) >= 11 is 1.34. The number of aromatic nitrogens is 2. The zero-order valence-electron chi connectivity index (χ0n) is 17.9. The van der Waals surface area contributed by atoms with Gasteiger partial charge in [-0.15, -0.1) is 0 Å². The van der Waals surface area contributed by atoms with Crippen molar-refractivity contribution in [2.75, 3.05) is 27.8 Å². The number of carbonyl (C=O) groups is 1.